The van der Waals surface area contributed by atoms with Crippen LogP contribution in [-0.2, 0) is 0 Å². The average Bonchev–Trinajstić information content (AvgIpc) is 2.66. The Morgan fingerprint density at radius 1 is 1.31 bits per heavy atom. The number of aryl methyl sites for hydroxylation is 1. The van der Waals surface area contributed by atoms with Crippen molar-refractivity contribution in [3.05, 3.63) is 35.7 Å². The van der Waals surface area contributed by atoms with Gasteiger partial charge in [-0.1, -0.05) is 6.07 Å². The molecule has 2 aromatic rings. The number of hydrogen-bond donors (Lipinski definition) is 1. The van der Waals surface area contributed by atoms with Crippen LogP contribution in [0.25, 0.3) is 5.52 Å². The van der Waals surface area contributed by atoms with E-state index in [2.05, 4.69) is 29.5 Å². The lowest BCUT2D eigenvalue weighted by molar-refractivity contribution is 0.461. The van der Waals surface area contributed by atoms with Crippen LogP contribution in [0.15, 0.2) is 24.4 Å². The van der Waals surface area contributed by atoms with Crippen molar-refractivity contribution in [3.8, 4) is 0 Å². The van der Waals surface area contributed by atoms with Crippen LogP contribution in [0.5, 0.6) is 0 Å². The van der Waals surface area contributed by atoms with Crippen molar-refractivity contribution in [1.82, 2.24) is 14.9 Å². The van der Waals surface area contributed by atoms with Gasteiger partial charge in [-0.15, -0.1) is 0 Å². The molecule has 0 spiro atoms. The van der Waals surface area contributed by atoms with Gasteiger partial charge in [-0.3, -0.25) is 0 Å². The van der Waals surface area contributed by atoms with Gasteiger partial charge >= 0.3 is 0 Å². The molecule has 0 radical (unpaired) electrons. The van der Waals surface area contributed by atoms with Crippen LogP contribution in [0.2, 0.25) is 0 Å². The summed E-state index contributed by atoms with van der Waals surface area (Å²) in [4.78, 5) is 0. The van der Waals surface area contributed by atoms with Crippen molar-refractivity contribution in [1.29, 1.82) is 0 Å². The Hall–Kier alpha value is -1.35. The molecule has 16 heavy (non-hydrogen) atoms. The molecule has 3 nitrogen and oxygen atoms in total. The van der Waals surface area contributed by atoms with E-state index >= 15 is 0 Å². The summed E-state index contributed by atoms with van der Waals surface area (Å²) >= 11 is 0. The number of aromatic nitrogens is 2. The molecule has 0 atom stereocenters. The summed E-state index contributed by atoms with van der Waals surface area (Å²) < 4.78 is 2.01. The topological polar surface area (TPSA) is 29.3 Å². The highest BCUT2D eigenvalue weighted by Gasteiger charge is 2.21. The fraction of sp³-hybridized carbons (Fsp3) is 0.462. The summed E-state index contributed by atoms with van der Waals surface area (Å²) in [5.74, 6) is 0.682. The van der Waals surface area contributed by atoms with Crippen LogP contribution in [0.3, 0.4) is 0 Å². The van der Waals surface area contributed by atoms with Crippen molar-refractivity contribution in [3.63, 3.8) is 0 Å². The summed E-state index contributed by atoms with van der Waals surface area (Å²) in [6.07, 6.45) is 4.50. The number of nitrogens with zero attached hydrogens (tertiary/aromatic N) is 2. The Bertz CT molecular complexity index is 495. The highest BCUT2D eigenvalue weighted by Crippen LogP contribution is 2.30. The molecule has 0 saturated carbocycles. The number of nitrogens with one attached hydrogen (secondary N) is 1. The fourth-order valence-corrected chi connectivity index (χ4v) is 2.75. The van der Waals surface area contributed by atoms with Crippen LogP contribution in [0.4, 0.5) is 0 Å². The van der Waals surface area contributed by atoms with Crippen molar-refractivity contribution < 1.29 is 0 Å². The van der Waals surface area contributed by atoms with E-state index in [1.54, 1.807) is 0 Å². The third-order valence-electron chi connectivity index (χ3n) is 3.51. The van der Waals surface area contributed by atoms with E-state index in [4.69, 9.17) is 0 Å². The lowest BCUT2D eigenvalue weighted by Gasteiger charge is -2.22. The Balaban J connectivity index is 2.10. The first kappa shape index (κ1) is 9.85. The van der Waals surface area contributed by atoms with E-state index in [9.17, 15) is 0 Å². The molecule has 3 rings (SSSR count). The molecule has 1 aliphatic rings. The van der Waals surface area contributed by atoms with E-state index in [0.29, 0.717) is 5.92 Å². The summed E-state index contributed by atoms with van der Waals surface area (Å²) in [5, 5.41) is 8.00. The quantitative estimate of drug-likeness (QED) is 0.789. The maximum atomic E-state index is 4.58. The SMILES string of the molecule is Cc1nn2ccccc2c1C1CCNCC1. The molecule has 1 aliphatic heterocycles. The zero-order chi connectivity index (χ0) is 11.0. The Labute approximate surface area is 95.5 Å². The van der Waals surface area contributed by atoms with Crippen molar-refractivity contribution in [2.24, 2.45) is 0 Å². The molecule has 2 aromatic heterocycles. The molecule has 0 amide bonds. The summed E-state index contributed by atoms with van der Waals surface area (Å²) in [7, 11) is 0. The largest absolute Gasteiger partial charge is 0.317 e. The molecule has 1 N–H and O–H groups in total. The number of rotatable bonds is 1. The van der Waals surface area contributed by atoms with E-state index in [1.165, 1.54) is 29.6 Å². The lowest BCUT2D eigenvalue weighted by atomic mass is 9.89. The van der Waals surface area contributed by atoms with Gasteiger partial charge in [-0.25, -0.2) is 4.52 Å². The monoisotopic (exact) mass is 215 g/mol. The second-order valence-corrected chi connectivity index (χ2v) is 4.55. The second kappa shape index (κ2) is 3.91. The zero-order valence-corrected chi connectivity index (χ0v) is 9.61. The standard InChI is InChI=1S/C13H17N3/c1-10-13(11-5-7-14-8-6-11)12-4-2-3-9-16(12)15-10/h2-4,9,11,14H,5-8H2,1H3. The summed E-state index contributed by atoms with van der Waals surface area (Å²) in [5.41, 5.74) is 3.94. The van der Waals surface area contributed by atoms with Gasteiger partial charge in [0.15, 0.2) is 0 Å². The molecule has 1 fully saturated rings. The predicted molar refractivity (Wildman–Crippen MR) is 64.8 cm³/mol. The van der Waals surface area contributed by atoms with Crippen LogP contribution in [-0.4, -0.2) is 22.7 Å². The van der Waals surface area contributed by atoms with Gasteiger partial charge in [0.2, 0.25) is 0 Å². The lowest BCUT2D eigenvalue weighted by Crippen LogP contribution is -2.26. The molecule has 1 saturated heterocycles. The minimum atomic E-state index is 0.682. The summed E-state index contributed by atoms with van der Waals surface area (Å²) in [6, 6.07) is 6.31. The third kappa shape index (κ3) is 1.52. The van der Waals surface area contributed by atoms with Gasteiger partial charge in [0.1, 0.15) is 0 Å². The molecule has 3 heteroatoms. The second-order valence-electron chi connectivity index (χ2n) is 4.55. The zero-order valence-electron chi connectivity index (χ0n) is 9.61. The average molecular weight is 215 g/mol. The van der Waals surface area contributed by atoms with Gasteiger partial charge in [0.25, 0.3) is 0 Å². The van der Waals surface area contributed by atoms with E-state index in [-0.39, 0.29) is 0 Å². The molecular weight excluding hydrogens is 198 g/mol. The highest BCUT2D eigenvalue weighted by molar-refractivity contribution is 5.58. The molecule has 0 unspecified atom stereocenters. The number of fused-ring (bicyclic) bond motifs is 1. The van der Waals surface area contributed by atoms with Crippen LogP contribution in [0, 0.1) is 6.92 Å². The van der Waals surface area contributed by atoms with E-state index in [0.717, 1.165) is 13.1 Å². The summed E-state index contributed by atoms with van der Waals surface area (Å²) in [6.45, 7) is 4.40. The van der Waals surface area contributed by atoms with Crippen molar-refractivity contribution in [2.45, 2.75) is 25.7 Å². The first-order chi connectivity index (χ1) is 7.86. The molecule has 0 bridgehead atoms. The van der Waals surface area contributed by atoms with E-state index in [1.807, 2.05) is 16.8 Å². The van der Waals surface area contributed by atoms with Crippen LogP contribution < -0.4 is 5.32 Å². The maximum absolute atomic E-state index is 4.58. The van der Waals surface area contributed by atoms with Crippen LogP contribution >= 0.6 is 0 Å². The third-order valence-corrected chi connectivity index (χ3v) is 3.51. The van der Waals surface area contributed by atoms with Crippen LogP contribution in [0.1, 0.15) is 30.0 Å². The highest BCUT2D eigenvalue weighted by atomic mass is 15.2. The Morgan fingerprint density at radius 3 is 2.94 bits per heavy atom. The Kier molecular flexibility index (Phi) is 2.40. The normalized spacial score (nSPS) is 18.1. The number of pyridine rings is 1. The maximum Gasteiger partial charge on any atom is 0.0699 e. The predicted octanol–water partition coefficient (Wildman–Crippen LogP) is 2.11. The molecular formula is C13H17N3. The Morgan fingerprint density at radius 2 is 2.12 bits per heavy atom. The van der Waals surface area contributed by atoms with Gasteiger partial charge < -0.3 is 5.32 Å². The first-order valence-electron chi connectivity index (χ1n) is 6.01. The van der Waals surface area contributed by atoms with Crippen molar-refractivity contribution in [2.75, 3.05) is 13.1 Å². The molecule has 0 aliphatic carbocycles. The first-order valence-corrected chi connectivity index (χ1v) is 6.01. The minimum Gasteiger partial charge on any atom is -0.317 e. The number of piperidine rings is 1. The molecule has 0 aromatic carbocycles. The van der Waals surface area contributed by atoms with Gasteiger partial charge in [-0.2, -0.15) is 5.10 Å². The van der Waals surface area contributed by atoms with Gasteiger partial charge in [0.05, 0.1) is 11.2 Å². The minimum absolute atomic E-state index is 0.682. The van der Waals surface area contributed by atoms with E-state index < -0.39 is 0 Å². The number of hydrogen-bond acceptors (Lipinski definition) is 2. The smallest absolute Gasteiger partial charge is 0.0699 e. The van der Waals surface area contributed by atoms with Gasteiger partial charge in [-0.05, 0) is 50.9 Å². The van der Waals surface area contributed by atoms with Crippen molar-refractivity contribution >= 4 is 5.52 Å². The fourth-order valence-electron chi connectivity index (χ4n) is 2.75. The molecule has 3 heterocycles. The van der Waals surface area contributed by atoms with Gasteiger partial charge in [0, 0.05) is 11.8 Å². The molecule has 84 valence electrons.